The van der Waals surface area contributed by atoms with Gasteiger partial charge in [0.1, 0.15) is 0 Å². The third-order valence-electron chi connectivity index (χ3n) is 13.7. The van der Waals surface area contributed by atoms with E-state index in [0.29, 0.717) is 16.9 Å². The second-order valence-corrected chi connectivity index (χ2v) is 17.5. The molecule has 4 aromatic rings. The zero-order valence-corrected chi connectivity index (χ0v) is 33.0. The number of likely N-dealkylation sites (N-methyl/N-ethyl adjacent to an activating group) is 2. The predicted octanol–water partition coefficient (Wildman–Crippen LogP) is 7.00. The van der Waals surface area contributed by atoms with Gasteiger partial charge in [-0.15, -0.1) is 0 Å². The number of carbonyl (C=O) groups excluding carboxylic acids is 2. The Morgan fingerprint density at radius 2 is 0.981 bits per heavy atom. The van der Waals surface area contributed by atoms with Crippen LogP contribution in [0.25, 0.3) is 0 Å². The molecule has 10 heteroatoms. The number of aryl methyl sites for hydroxylation is 4. The number of fused-ring (bicyclic) bond motifs is 8. The van der Waals surface area contributed by atoms with Gasteiger partial charge in [0.25, 0.3) is 11.8 Å². The third-order valence-corrected chi connectivity index (χ3v) is 14.5. The second-order valence-electron chi connectivity index (χ2n) is 16.1. The van der Waals surface area contributed by atoms with Gasteiger partial charge in [-0.05, 0) is 133 Å². The summed E-state index contributed by atoms with van der Waals surface area (Å²) in [6.45, 7) is 0. The van der Waals surface area contributed by atoms with Crippen LogP contribution in [-0.2, 0) is 59.2 Å². The first-order chi connectivity index (χ1) is 25.9. The van der Waals surface area contributed by atoms with Gasteiger partial charge < -0.3 is 11.5 Å². The lowest BCUT2D eigenvalue weighted by Gasteiger charge is -2.40. The van der Waals surface area contributed by atoms with Crippen molar-refractivity contribution in [3.05, 3.63) is 139 Å². The molecule has 2 aliphatic heterocycles. The molecule has 54 heavy (non-hydrogen) atoms. The first-order valence-corrected chi connectivity index (χ1v) is 20.1. The second kappa shape index (κ2) is 12.5. The van der Waals surface area contributed by atoms with Crippen LogP contribution in [0.15, 0.2) is 99.4 Å². The van der Waals surface area contributed by atoms with Crippen LogP contribution < -0.4 is 11.5 Å². The van der Waals surface area contributed by atoms with E-state index in [1.165, 1.54) is 43.2 Å². The van der Waals surface area contributed by atoms with E-state index in [1.807, 2.05) is 12.1 Å². The van der Waals surface area contributed by atoms with Crippen LogP contribution in [0.2, 0.25) is 5.02 Å². The van der Waals surface area contributed by atoms with Crippen molar-refractivity contribution in [2.24, 2.45) is 32.3 Å². The Morgan fingerprint density at radius 3 is 1.37 bits per heavy atom. The quantitative estimate of drug-likeness (QED) is 0.199. The average Bonchev–Trinajstić information content (AvgIpc) is 3.63. The summed E-state index contributed by atoms with van der Waals surface area (Å²) < 4.78 is 0.978. The largest absolute Gasteiger partial charge is 0.369 e. The van der Waals surface area contributed by atoms with Gasteiger partial charge in [0.2, 0.25) is 0 Å². The normalized spacial score (nSPS) is 25.5. The number of rotatable bonds is 0. The molecule has 6 aliphatic rings. The Bertz CT molecular complexity index is 2110. The highest BCUT2D eigenvalue weighted by Gasteiger charge is 2.67. The first-order valence-electron chi connectivity index (χ1n) is 18.9. The summed E-state index contributed by atoms with van der Waals surface area (Å²) in [5, 5.41) is 0.637. The zero-order valence-electron chi connectivity index (χ0n) is 30.7. The molecule has 0 aromatic heterocycles. The van der Waals surface area contributed by atoms with E-state index in [9.17, 15) is 9.59 Å². The minimum absolute atomic E-state index is 0.0165. The Hall–Kier alpha value is -4.47. The molecule has 0 fully saturated rings. The van der Waals surface area contributed by atoms with Crippen LogP contribution in [-0.4, -0.2) is 47.6 Å². The van der Waals surface area contributed by atoms with Crippen molar-refractivity contribution in [3.8, 4) is 0 Å². The lowest BCUT2D eigenvalue weighted by Crippen LogP contribution is -2.49. The molecule has 4 spiro atoms. The van der Waals surface area contributed by atoms with Crippen LogP contribution in [0, 0.1) is 10.8 Å². The van der Waals surface area contributed by atoms with Crippen molar-refractivity contribution in [2.45, 2.75) is 75.3 Å². The first kappa shape index (κ1) is 35.2. The molecule has 2 atom stereocenters. The number of nitrogens with two attached hydrogens (primary N) is 2. The van der Waals surface area contributed by atoms with Gasteiger partial charge in [0.15, 0.2) is 23.0 Å². The molecule has 2 amide bonds. The topological polar surface area (TPSA) is 117 Å². The fourth-order valence-electron chi connectivity index (χ4n) is 10.9. The third kappa shape index (κ3) is 4.86. The maximum absolute atomic E-state index is 13.6. The van der Waals surface area contributed by atoms with Crippen LogP contribution >= 0.6 is 27.5 Å². The van der Waals surface area contributed by atoms with Crippen LogP contribution in [0.1, 0.15) is 70.2 Å². The van der Waals surface area contributed by atoms with Gasteiger partial charge in [-0.2, -0.15) is 0 Å². The number of halogens is 2. The Kier molecular flexibility index (Phi) is 8.18. The van der Waals surface area contributed by atoms with Gasteiger partial charge in [-0.3, -0.25) is 19.4 Å². The Balaban J connectivity index is 0.000000142. The van der Waals surface area contributed by atoms with Crippen LogP contribution in [0.4, 0.5) is 0 Å². The van der Waals surface area contributed by atoms with Gasteiger partial charge in [0.05, 0.1) is 0 Å². The molecule has 0 radical (unpaired) electrons. The van der Waals surface area contributed by atoms with E-state index in [-0.39, 0.29) is 22.6 Å². The highest BCUT2D eigenvalue weighted by molar-refractivity contribution is 9.10. The van der Waals surface area contributed by atoms with E-state index in [4.69, 9.17) is 33.1 Å². The van der Waals surface area contributed by atoms with Crippen molar-refractivity contribution >= 4 is 51.3 Å². The summed E-state index contributed by atoms with van der Waals surface area (Å²) in [6.07, 6.45) is 9.25. The number of hydrogen-bond acceptors (Lipinski definition) is 6. The molecule has 2 unspecified atom stereocenters. The molecular formula is C44H44BrClN6O2. The molecule has 10 rings (SSSR count). The summed E-state index contributed by atoms with van der Waals surface area (Å²) in [6, 6.07) is 29.5. The number of amides is 2. The number of nitrogens with zero attached hydrogens (tertiary/aromatic N) is 4. The van der Waals surface area contributed by atoms with Crippen LogP contribution in [0.5, 0.6) is 0 Å². The summed E-state index contributed by atoms with van der Waals surface area (Å²) in [5.74, 6) is 0.623. The van der Waals surface area contributed by atoms with Crippen molar-refractivity contribution < 1.29 is 9.59 Å². The van der Waals surface area contributed by atoms with E-state index >= 15 is 0 Å². The number of benzene rings is 4. The standard InChI is InChI=1S/C22H22BrN3O.C22H22ClN3O/c2*1-26-19(27)22(25-20(26)24)18-12-17(23)7-6-16(18)13-21(22)10-8-14-4-2-3-5-15(14)9-11-21/h2*2-7,12H,8-11,13H2,1H3,(H2,24,25). The maximum Gasteiger partial charge on any atom is 0.262 e. The number of hydrogen-bond donors (Lipinski definition) is 2. The average molecular weight is 804 g/mol. The summed E-state index contributed by atoms with van der Waals surface area (Å²) in [7, 11) is 3.46. The maximum atomic E-state index is 13.6. The van der Waals surface area contributed by atoms with Gasteiger partial charge in [0, 0.05) is 34.4 Å². The molecule has 0 bridgehead atoms. The SMILES string of the molecule is CN1C(=O)C2(N=C1N)c1cc(Br)ccc1CC21CCc2ccccc2CC1.CN1C(=O)C2(N=C1N)c1cc(Cl)ccc1CC21CCc2ccccc2CC1. The van der Waals surface area contributed by atoms with E-state index in [1.54, 1.807) is 14.1 Å². The Morgan fingerprint density at radius 1 is 0.593 bits per heavy atom. The lowest BCUT2D eigenvalue weighted by molar-refractivity contribution is -0.136. The van der Waals surface area contributed by atoms with E-state index in [0.717, 1.165) is 79.8 Å². The van der Waals surface area contributed by atoms with Crippen molar-refractivity contribution in [1.29, 1.82) is 0 Å². The van der Waals surface area contributed by atoms with Gasteiger partial charge in [-0.25, -0.2) is 9.98 Å². The van der Waals surface area contributed by atoms with E-state index < -0.39 is 11.1 Å². The monoisotopic (exact) mass is 802 g/mol. The van der Waals surface area contributed by atoms with Gasteiger partial charge >= 0.3 is 0 Å². The molecule has 2 heterocycles. The molecule has 0 saturated heterocycles. The molecule has 4 N–H and O–H groups in total. The minimum Gasteiger partial charge on any atom is -0.369 e. The zero-order chi connectivity index (χ0) is 37.6. The van der Waals surface area contributed by atoms with Crippen molar-refractivity contribution in [3.63, 3.8) is 0 Å². The number of aliphatic imine (C=N–C) groups is 2. The molecule has 8 nitrogen and oxygen atoms in total. The minimum atomic E-state index is -0.950. The smallest absolute Gasteiger partial charge is 0.262 e. The number of carbonyl (C=O) groups is 2. The molecule has 4 aromatic carbocycles. The predicted molar refractivity (Wildman–Crippen MR) is 216 cm³/mol. The molecule has 4 aliphatic carbocycles. The fraction of sp³-hybridized carbons (Fsp3) is 0.364. The fourth-order valence-corrected chi connectivity index (χ4v) is 11.4. The van der Waals surface area contributed by atoms with Crippen molar-refractivity contribution in [1.82, 2.24) is 9.80 Å². The molecule has 276 valence electrons. The molecular weight excluding hydrogens is 760 g/mol. The highest BCUT2D eigenvalue weighted by atomic mass is 79.9. The lowest BCUT2D eigenvalue weighted by atomic mass is 9.65. The van der Waals surface area contributed by atoms with E-state index in [2.05, 4.69) is 88.7 Å². The van der Waals surface area contributed by atoms with Crippen LogP contribution in [0.3, 0.4) is 0 Å². The van der Waals surface area contributed by atoms with Crippen molar-refractivity contribution in [2.75, 3.05) is 14.1 Å². The highest BCUT2D eigenvalue weighted by Crippen LogP contribution is 2.62. The summed E-state index contributed by atoms with van der Waals surface area (Å²) in [5.41, 5.74) is 19.9. The number of guanidine groups is 2. The Labute approximate surface area is 329 Å². The summed E-state index contributed by atoms with van der Waals surface area (Å²) in [4.78, 5) is 39.9. The molecule has 0 saturated carbocycles. The summed E-state index contributed by atoms with van der Waals surface area (Å²) >= 11 is 9.93. The van der Waals surface area contributed by atoms with Gasteiger partial charge in [-0.1, -0.05) is 88.2 Å².